The molecule has 1 atom stereocenters. The van der Waals surface area contributed by atoms with Crippen LogP contribution < -0.4 is 11.0 Å². The van der Waals surface area contributed by atoms with E-state index in [2.05, 4.69) is 46.5 Å². The van der Waals surface area contributed by atoms with Gasteiger partial charge in [-0.25, -0.2) is 28.6 Å². The van der Waals surface area contributed by atoms with Crippen molar-refractivity contribution in [1.82, 2.24) is 24.6 Å². The Balaban J connectivity index is 1.23. The second-order valence-electron chi connectivity index (χ2n) is 13.2. The van der Waals surface area contributed by atoms with Crippen LogP contribution in [0, 0.1) is 0 Å². The quantitative estimate of drug-likeness (QED) is 0.144. The summed E-state index contributed by atoms with van der Waals surface area (Å²) in [7, 11) is 0. The van der Waals surface area contributed by atoms with Crippen LogP contribution in [0.2, 0.25) is 0 Å². The number of rotatable bonds is 16. The maximum absolute atomic E-state index is 14.4. The molecule has 0 amide bonds. The number of aliphatic imine (C=N–C) groups is 1. The van der Waals surface area contributed by atoms with E-state index in [0.29, 0.717) is 62.3 Å². The van der Waals surface area contributed by atoms with Crippen LogP contribution in [-0.4, -0.2) is 74.8 Å². The minimum Gasteiger partial charge on any atom is -0.382 e. The molecule has 50 heavy (non-hydrogen) atoms. The second kappa shape index (κ2) is 16.3. The summed E-state index contributed by atoms with van der Waals surface area (Å²) < 4.78 is 41.2. The van der Waals surface area contributed by atoms with Crippen LogP contribution in [0.3, 0.4) is 0 Å². The van der Waals surface area contributed by atoms with Crippen molar-refractivity contribution in [3.05, 3.63) is 87.6 Å². The predicted octanol–water partition coefficient (Wildman–Crippen LogP) is 5.65. The van der Waals surface area contributed by atoms with Gasteiger partial charge in [-0.15, -0.1) is 0 Å². The van der Waals surface area contributed by atoms with Gasteiger partial charge in [-0.05, 0) is 55.2 Å². The van der Waals surface area contributed by atoms with Crippen LogP contribution in [-0.2, 0) is 27.2 Å². The third-order valence-corrected chi connectivity index (χ3v) is 9.48. The highest BCUT2D eigenvalue weighted by Crippen LogP contribution is 2.32. The molecule has 4 aromatic rings. The van der Waals surface area contributed by atoms with Crippen molar-refractivity contribution in [3.8, 4) is 11.1 Å². The molecule has 2 aromatic heterocycles. The maximum atomic E-state index is 14.4. The van der Waals surface area contributed by atoms with E-state index in [1.54, 1.807) is 9.08 Å². The van der Waals surface area contributed by atoms with Gasteiger partial charge in [0.1, 0.15) is 25.3 Å². The zero-order valence-electron chi connectivity index (χ0n) is 28.7. The fourth-order valence-corrected chi connectivity index (χ4v) is 6.67. The second-order valence-corrected chi connectivity index (χ2v) is 13.2. The number of aromatic nitrogens is 4. The van der Waals surface area contributed by atoms with E-state index in [0.717, 1.165) is 47.2 Å². The molecule has 1 aliphatic heterocycles. The van der Waals surface area contributed by atoms with Crippen molar-refractivity contribution in [1.29, 1.82) is 0 Å². The van der Waals surface area contributed by atoms with Crippen molar-refractivity contribution in [2.45, 2.75) is 95.8 Å². The van der Waals surface area contributed by atoms with Crippen molar-refractivity contribution >= 4 is 11.6 Å². The zero-order chi connectivity index (χ0) is 35.1. The largest absolute Gasteiger partial charge is 0.382 e. The van der Waals surface area contributed by atoms with Gasteiger partial charge in [0.2, 0.25) is 5.78 Å². The van der Waals surface area contributed by atoms with E-state index in [-0.39, 0.29) is 17.7 Å². The van der Waals surface area contributed by atoms with Crippen LogP contribution in [0.4, 0.5) is 8.78 Å². The van der Waals surface area contributed by atoms with Crippen LogP contribution in [0.1, 0.15) is 87.2 Å². The first-order chi connectivity index (χ1) is 24.4. The van der Waals surface area contributed by atoms with Gasteiger partial charge in [-0.2, -0.15) is 10.1 Å². The number of fused-ring (bicyclic) bond motifs is 1. The Labute approximate surface area is 290 Å². The highest BCUT2D eigenvalue weighted by Gasteiger charge is 2.32. The molecule has 0 radical (unpaired) electrons. The topological polar surface area (TPSA) is 125 Å². The molecule has 268 valence electrons. The first kappa shape index (κ1) is 35.8. The molecule has 0 spiro atoms. The normalized spacial score (nSPS) is 19.5. The number of hydrogen-bond donors (Lipinski definition) is 2. The highest BCUT2D eigenvalue weighted by atomic mass is 19.1. The maximum Gasteiger partial charge on any atom is 0.282 e. The van der Waals surface area contributed by atoms with Crippen molar-refractivity contribution in [2.24, 2.45) is 4.99 Å². The van der Waals surface area contributed by atoms with Crippen LogP contribution >= 0.6 is 0 Å². The summed E-state index contributed by atoms with van der Waals surface area (Å²) in [5.41, 5.74) is 6.13. The number of nitrogens with one attached hydrogen (secondary N) is 1. The van der Waals surface area contributed by atoms with Gasteiger partial charge in [0.25, 0.3) is 12.0 Å². The standard InChI is InChI=1S/C37H46F2N6O5/c1-3-5-19-48-36-42-33(43-50-36)30-10-7-6-9-29(30)26-13-11-25(12-14-26)20-31-32(8-4-2)45-35(40-24-41-45)44(34(31)46)27-15-17-28(18-16-27)49-23-37(47,21-38)22-39/h6-7,9-14,24,27-28,36,47H,3-5,8,15-23H2,1-2H3,(H,42,43). The number of aliphatic hydroxyl groups is 1. The van der Waals surface area contributed by atoms with Crippen molar-refractivity contribution in [2.75, 3.05) is 26.6 Å². The Bertz CT molecular complexity index is 1820. The summed E-state index contributed by atoms with van der Waals surface area (Å²) in [5, 5.41) is 14.5. The van der Waals surface area contributed by atoms with E-state index in [9.17, 15) is 18.7 Å². The van der Waals surface area contributed by atoms with E-state index in [4.69, 9.17) is 14.3 Å². The molecule has 2 aliphatic rings. The molecule has 11 nitrogen and oxygen atoms in total. The molecular formula is C37H46F2N6O5. The Morgan fingerprint density at radius 3 is 2.44 bits per heavy atom. The number of amidine groups is 1. The van der Waals surface area contributed by atoms with Gasteiger partial charge in [0.05, 0.1) is 25.0 Å². The molecule has 2 N–H and O–H groups in total. The molecule has 2 aromatic carbocycles. The lowest BCUT2D eigenvalue weighted by molar-refractivity contribution is -0.144. The SMILES string of the molecule is CCCCOC1N=C(c2ccccc2-c2ccc(Cc3c(CCC)n4ncnc4n(C4CCC(OCC(O)(CF)CF)CC4)c3=O)cc2)NO1. The summed E-state index contributed by atoms with van der Waals surface area (Å²) in [6, 6.07) is 16.0. The van der Waals surface area contributed by atoms with Gasteiger partial charge in [-0.1, -0.05) is 75.2 Å². The Morgan fingerprint density at radius 2 is 1.74 bits per heavy atom. The predicted molar refractivity (Wildman–Crippen MR) is 185 cm³/mol. The monoisotopic (exact) mass is 692 g/mol. The van der Waals surface area contributed by atoms with Gasteiger partial charge in [0, 0.05) is 23.6 Å². The number of ether oxygens (including phenoxy) is 2. The summed E-state index contributed by atoms with van der Waals surface area (Å²) in [6.45, 7) is 1.93. The molecular weight excluding hydrogens is 646 g/mol. The third-order valence-electron chi connectivity index (χ3n) is 9.48. The summed E-state index contributed by atoms with van der Waals surface area (Å²) in [4.78, 5) is 29.0. The molecule has 0 saturated heterocycles. The van der Waals surface area contributed by atoms with Gasteiger partial charge < -0.3 is 14.6 Å². The molecule has 1 saturated carbocycles. The lowest BCUT2D eigenvalue weighted by Gasteiger charge is -2.32. The van der Waals surface area contributed by atoms with Crippen molar-refractivity contribution < 1.29 is 28.2 Å². The molecule has 1 unspecified atom stereocenters. The van der Waals surface area contributed by atoms with Crippen molar-refractivity contribution in [3.63, 3.8) is 0 Å². The number of hydrogen-bond acceptors (Lipinski definition) is 9. The van der Waals surface area contributed by atoms with Gasteiger partial charge in [0.15, 0.2) is 5.84 Å². The Kier molecular flexibility index (Phi) is 11.7. The van der Waals surface area contributed by atoms with Gasteiger partial charge >= 0.3 is 0 Å². The molecule has 6 rings (SSSR count). The minimum absolute atomic E-state index is 0.0852. The molecule has 1 aliphatic carbocycles. The number of benzene rings is 2. The third kappa shape index (κ3) is 7.80. The van der Waals surface area contributed by atoms with E-state index in [1.807, 2.05) is 36.4 Å². The summed E-state index contributed by atoms with van der Waals surface area (Å²) in [6.07, 6.45) is 6.84. The Hall–Kier alpha value is -4.04. The minimum atomic E-state index is -2.11. The smallest absolute Gasteiger partial charge is 0.282 e. The lowest BCUT2D eigenvalue weighted by atomic mass is 9.92. The van der Waals surface area contributed by atoms with Crippen LogP contribution in [0.5, 0.6) is 0 Å². The molecule has 0 bridgehead atoms. The van der Waals surface area contributed by atoms with E-state index >= 15 is 0 Å². The number of halogens is 2. The number of hydroxylamine groups is 1. The van der Waals surface area contributed by atoms with E-state index in [1.165, 1.54) is 6.33 Å². The average Bonchev–Trinajstić information content (AvgIpc) is 3.84. The number of nitrogens with zero attached hydrogens (tertiary/aromatic N) is 5. The van der Waals surface area contributed by atoms with Crippen LogP contribution in [0.25, 0.3) is 16.9 Å². The molecule has 1 fully saturated rings. The summed E-state index contributed by atoms with van der Waals surface area (Å²) in [5.74, 6) is 1.12. The number of alkyl halides is 2. The van der Waals surface area contributed by atoms with E-state index < -0.39 is 32.0 Å². The fourth-order valence-electron chi connectivity index (χ4n) is 6.67. The Morgan fingerprint density at radius 1 is 1.00 bits per heavy atom. The molecule has 3 heterocycles. The first-order valence-corrected chi connectivity index (χ1v) is 17.6. The first-order valence-electron chi connectivity index (χ1n) is 17.6. The highest BCUT2D eigenvalue weighted by molar-refractivity contribution is 6.04. The zero-order valence-corrected chi connectivity index (χ0v) is 28.7. The fraction of sp³-hybridized carbons (Fsp3) is 0.514. The summed E-state index contributed by atoms with van der Waals surface area (Å²) >= 11 is 0. The number of unbranched alkanes of at least 4 members (excludes halogenated alkanes) is 1. The van der Waals surface area contributed by atoms with Crippen LogP contribution in [0.15, 0.2) is 64.6 Å². The van der Waals surface area contributed by atoms with Gasteiger partial charge in [-0.3, -0.25) is 9.36 Å². The molecule has 13 heteroatoms. The number of aryl methyl sites for hydroxylation is 1. The lowest BCUT2D eigenvalue weighted by Crippen LogP contribution is -2.41. The average molecular weight is 693 g/mol.